The second kappa shape index (κ2) is 1.95. The summed E-state index contributed by atoms with van der Waals surface area (Å²) in [7, 11) is 0. The van der Waals surface area contributed by atoms with Crippen LogP contribution in [0.1, 0.15) is 12.8 Å². The van der Waals surface area contributed by atoms with Crippen LogP contribution in [0, 0.1) is 5.41 Å². The smallest absolute Gasteiger partial charge is 0.319 e. The van der Waals surface area contributed by atoms with Crippen molar-refractivity contribution in [3.05, 3.63) is 0 Å². The standard InChI is InChI=1S/C5H8N2O3/c6-7-3(8)5(1-2-5)4(9)10/h1-2,6H2,(H,7,8)(H,9,10). The van der Waals surface area contributed by atoms with Crippen molar-refractivity contribution in [2.75, 3.05) is 0 Å². The third-order valence-electron chi connectivity index (χ3n) is 1.73. The van der Waals surface area contributed by atoms with Gasteiger partial charge in [0.2, 0.25) is 0 Å². The van der Waals surface area contributed by atoms with E-state index < -0.39 is 17.3 Å². The van der Waals surface area contributed by atoms with Gasteiger partial charge in [-0.3, -0.25) is 15.0 Å². The molecule has 5 nitrogen and oxygen atoms in total. The molecule has 56 valence electrons. The summed E-state index contributed by atoms with van der Waals surface area (Å²) in [4.78, 5) is 21.1. The number of hydrogen-bond acceptors (Lipinski definition) is 3. The zero-order valence-electron chi connectivity index (χ0n) is 5.26. The molecule has 0 aromatic carbocycles. The predicted octanol–water partition coefficient (Wildman–Crippen LogP) is -1.16. The first kappa shape index (κ1) is 7.01. The van der Waals surface area contributed by atoms with Crippen molar-refractivity contribution in [2.24, 2.45) is 11.3 Å². The molecule has 0 saturated heterocycles. The number of nitrogens with one attached hydrogen (secondary N) is 1. The average molecular weight is 144 g/mol. The molecule has 1 rings (SSSR count). The zero-order valence-corrected chi connectivity index (χ0v) is 5.26. The fourth-order valence-electron chi connectivity index (χ4n) is 0.801. The van der Waals surface area contributed by atoms with Crippen molar-refractivity contribution in [2.45, 2.75) is 12.8 Å². The van der Waals surface area contributed by atoms with Gasteiger partial charge in [-0.25, -0.2) is 5.84 Å². The van der Waals surface area contributed by atoms with E-state index in [1.807, 2.05) is 5.43 Å². The SMILES string of the molecule is NNC(=O)C1(C(=O)O)CC1. The van der Waals surface area contributed by atoms with Crippen LogP contribution in [-0.4, -0.2) is 17.0 Å². The number of hydrazine groups is 1. The van der Waals surface area contributed by atoms with Crippen LogP contribution in [0.2, 0.25) is 0 Å². The molecule has 0 aliphatic heterocycles. The quantitative estimate of drug-likeness (QED) is 0.197. The van der Waals surface area contributed by atoms with Crippen molar-refractivity contribution in [1.82, 2.24) is 5.43 Å². The van der Waals surface area contributed by atoms with E-state index in [9.17, 15) is 9.59 Å². The Morgan fingerprint density at radius 2 is 2.00 bits per heavy atom. The maximum atomic E-state index is 10.7. The summed E-state index contributed by atoms with van der Waals surface area (Å²) in [6.07, 6.45) is 0.788. The topological polar surface area (TPSA) is 92.4 Å². The molecule has 1 fully saturated rings. The monoisotopic (exact) mass is 144 g/mol. The number of amides is 1. The lowest BCUT2D eigenvalue weighted by Gasteiger charge is -2.05. The van der Waals surface area contributed by atoms with E-state index in [4.69, 9.17) is 10.9 Å². The number of nitrogens with two attached hydrogens (primary N) is 1. The van der Waals surface area contributed by atoms with Crippen molar-refractivity contribution < 1.29 is 14.7 Å². The highest BCUT2D eigenvalue weighted by Crippen LogP contribution is 2.45. The van der Waals surface area contributed by atoms with Gasteiger partial charge in [0.1, 0.15) is 5.41 Å². The second-order valence-electron chi connectivity index (χ2n) is 2.36. The van der Waals surface area contributed by atoms with E-state index in [0.717, 1.165) is 0 Å². The molecule has 0 unspecified atom stereocenters. The number of rotatable bonds is 2. The molecule has 5 heteroatoms. The normalized spacial score (nSPS) is 19.7. The van der Waals surface area contributed by atoms with Crippen LogP contribution in [0.25, 0.3) is 0 Å². The lowest BCUT2D eigenvalue weighted by Crippen LogP contribution is -2.40. The molecule has 1 aliphatic carbocycles. The first-order valence-corrected chi connectivity index (χ1v) is 2.88. The largest absolute Gasteiger partial charge is 0.480 e. The molecular weight excluding hydrogens is 136 g/mol. The maximum absolute atomic E-state index is 10.7. The molecule has 4 N–H and O–H groups in total. The van der Waals surface area contributed by atoms with Gasteiger partial charge in [0.15, 0.2) is 0 Å². The average Bonchev–Trinajstić information content (AvgIpc) is 2.65. The Kier molecular flexibility index (Phi) is 1.37. The van der Waals surface area contributed by atoms with E-state index in [0.29, 0.717) is 12.8 Å². The molecule has 0 spiro atoms. The fraction of sp³-hybridized carbons (Fsp3) is 0.600. The minimum Gasteiger partial charge on any atom is -0.480 e. The van der Waals surface area contributed by atoms with Gasteiger partial charge in [-0.2, -0.15) is 0 Å². The Morgan fingerprint density at radius 1 is 1.50 bits per heavy atom. The van der Waals surface area contributed by atoms with E-state index in [2.05, 4.69) is 0 Å². The number of carboxylic acids is 1. The number of carboxylic acid groups (broad SMARTS) is 1. The minimum absolute atomic E-state index is 0.394. The number of aliphatic carboxylic acids is 1. The third kappa shape index (κ3) is 0.750. The summed E-state index contributed by atoms with van der Waals surface area (Å²) in [6, 6.07) is 0. The summed E-state index contributed by atoms with van der Waals surface area (Å²) in [6.45, 7) is 0. The Bertz CT molecular complexity index is 185. The highest BCUT2D eigenvalue weighted by molar-refractivity contribution is 6.04. The molecule has 0 heterocycles. The van der Waals surface area contributed by atoms with Gasteiger partial charge in [-0.15, -0.1) is 0 Å². The van der Waals surface area contributed by atoms with E-state index >= 15 is 0 Å². The van der Waals surface area contributed by atoms with Gasteiger partial charge < -0.3 is 5.11 Å². The van der Waals surface area contributed by atoms with Crippen LogP contribution in [-0.2, 0) is 9.59 Å². The highest BCUT2D eigenvalue weighted by atomic mass is 16.4. The summed E-state index contributed by atoms with van der Waals surface area (Å²) in [5, 5.41) is 8.49. The third-order valence-corrected chi connectivity index (χ3v) is 1.73. The van der Waals surface area contributed by atoms with Crippen LogP contribution < -0.4 is 11.3 Å². The first-order valence-electron chi connectivity index (χ1n) is 2.88. The molecule has 0 atom stereocenters. The van der Waals surface area contributed by atoms with Crippen molar-refractivity contribution in [3.8, 4) is 0 Å². The maximum Gasteiger partial charge on any atom is 0.319 e. The van der Waals surface area contributed by atoms with Gasteiger partial charge in [-0.1, -0.05) is 0 Å². The Labute approximate surface area is 57.2 Å². The summed E-state index contributed by atoms with van der Waals surface area (Å²) < 4.78 is 0. The molecule has 0 radical (unpaired) electrons. The van der Waals surface area contributed by atoms with Gasteiger partial charge in [-0.05, 0) is 12.8 Å². The molecule has 0 aromatic rings. The minimum atomic E-state index is -1.20. The molecule has 1 aliphatic rings. The summed E-state index contributed by atoms with van der Waals surface area (Å²) in [5.74, 6) is 3.09. The lowest BCUT2D eigenvalue weighted by atomic mass is 10.1. The second-order valence-corrected chi connectivity index (χ2v) is 2.36. The zero-order chi connectivity index (χ0) is 7.78. The van der Waals surface area contributed by atoms with Crippen LogP contribution in [0.4, 0.5) is 0 Å². The Hall–Kier alpha value is -1.10. The molecule has 10 heavy (non-hydrogen) atoms. The predicted molar refractivity (Wildman–Crippen MR) is 31.6 cm³/mol. The van der Waals surface area contributed by atoms with Crippen molar-refractivity contribution in [3.63, 3.8) is 0 Å². The Morgan fingerprint density at radius 3 is 2.10 bits per heavy atom. The number of carbonyl (C=O) groups excluding carboxylic acids is 1. The van der Waals surface area contributed by atoms with Gasteiger partial charge in [0.25, 0.3) is 5.91 Å². The van der Waals surface area contributed by atoms with Gasteiger partial charge >= 0.3 is 5.97 Å². The first-order chi connectivity index (χ1) is 4.63. The van der Waals surface area contributed by atoms with Crippen LogP contribution in [0.5, 0.6) is 0 Å². The molecule has 0 aromatic heterocycles. The lowest BCUT2D eigenvalue weighted by molar-refractivity contribution is -0.149. The summed E-state index contributed by atoms with van der Waals surface area (Å²) >= 11 is 0. The molecular formula is C5H8N2O3. The van der Waals surface area contributed by atoms with Crippen LogP contribution in [0.15, 0.2) is 0 Å². The molecule has 1 amide bonds. The highest BCUT2D eigenvalue weighted by Gasteiger charge is 2.56. The molecule has 1 saturated carbocycles. The van der Waals surface area contributed by atoms with Crippen LogP contribution in [0.3, 0.4) is 0 Å². The van der Waals surface area contributed by atoms with Crippen molar-refractivity contribution >= 4 is 11.9 Å². The van der Waals surface area contributed by atoms with E-state index in [1.165, 1.54) is 0 Å². The molecule has 0 bridgehead atoms. The van der Waals surface area contributed by atoms with Crippen LogP contribution >= 0.6 is 0 Å². The Balaban J connectivity index is 2.69. The van der Waals surface area contributed by atoms with E-state index in [-0.39, 0.29) is 0 Å². The van der Waals surface area contributed by atoms with E-state index in [1.54, 1.807) is 0 Å². The summed E-state index contributed by atoms with van der Waals surface area (Å²) in [5.41, 5.74) is 0.630. The van der Waals surface area contributed by atoms with Gasteiger partial charge in [0.05, 0.1) is 0 Å². The van der Waals surface area contributed by atoms with Crippen molar-refractivity contribution in [1.29, 1.82) is 0 Å². The number of hydrogen-bond donors (Lipinski definition) is 3. The fourth-order valence-corrected chi connectivity index (χ4v) is 0.801. The van der Waals surface area contributed by atoms with Gasteiger partial charge in [0, 0.05) is 0 Å². The number of carbonyl (C=O) groups is 2.